The molecule has 6 rings (SSSR count). The molecule has 9 heteroatoms. The molecule has 1 aromatic carbocycles. The van der Waals surface area contributed by atoms with Crippen LogP contribution in [0.2, 0.25) is 0 Å². The molecule has 0 fully saturated rings. The van der Waals surface area contributed by atoms with Gasteiger partial charge in [-0.1, -0.05) is 31.5 Å². The lowest BCUT2D eigenvalue weighted by atomic mass is 10.0. The van der Waals surface area contributed by atoms with Crippen LogP contribution < -0.4 is 5.32 Å². The second kappa shape index (κ2) is 10.2. The van der Waals surface area contributed by atoms with E-state index in [4.69, 9.17) is 15.0 Å². The number of carbonyl (C=O) groups excluding carboxylic acids is 1. The number of unbranched alkanes of at least 4 members (excludes halogenated alkanes) is 1. The third-order valence-corrected chi connectivity index (χ3v) is 6.75. The van der Waals surface area contributed by atoms with E-state index in [1.165, 1.54) is 12.1 Å². The van der Waals surface area contributed by atoms with E-state index >= 15 is 0 Å². The molecule has 2 N–H and O–H groups in total. The molecule has 194 valence electrons. The maximum atomic E-state index is 13.9. The van der Waals surface area contributed by atoms with E-state index in [1.807, 2.05) is 31.2 Å². The van der Waals surface area contributed by atoms with E-state index < -0.39 is 0 Å². The predicted molar refractivity (Wildman–Crippen MR) is 149 cm³/mol. The van der Waals surface area contributed by atoms with Crippen LogP contribution in [-0.4, -0.2) is 36.5 Å². The van der Waals surface area contributed by atoms with E-state index in [0.29, 0.717) is 40.4 Å². The highest BCUT2D eigenvalue weighted by atomic mass is 19.1. The van der Waals surface area contributed by atoms with E-state index in [2.05, 4.69) is 27.2 Å². The van der Waals surface area contributed by atoms with Crippen LogP contribution in [0.4, 0.5) is 10.1 Å². The van der Waals surface area contributed by atoms with E-state index in [0.717, 1.165) is 40.7 Å². The number of aromatic amines is 1. The fourth-order valence-electron chi connectivity index (χ4n) is 4.78. The molecule has 5 heterocycles. The normalized spacial score (nSPS) is 14.3. The number of halogens is 1. The molecular formula is C30H26FN7O. The maximum Gasteiger partial charge on any atom is 0.224 e. The molecule has 5 aromatic rings. The monoisotopic (exact) mass is 519 g/mol. The molecule has 0 radical (unpaired) electrons. The Balaban J connectivity index is 1.36. The molecule has 0 saturated heterocycles. The van der Waals surface area contributed by atoms with Crippen LogP contribution >= 0.6 is 0 Å². The van der Waals surface area contributed by atoms with Crippen LogP contribution in [-0.2, 0) is 4.79 Å². The summed E-state index contributed by atoms with van der Waals surface area (Å²) in [6.07, 6.45) is 9.02. The van der Waals surface area contributed by atoms with Crippen molar-refractivity contribution in [3.63, 3.8) is 0 Å². The predicted octanol–water partition coefficient (Wildman–Crippen LogP) is 6.26. The van der Waals surface area contributed by atoms with Crippen LogP contribution in [0.3, 0.4) is 0 Å². The molecule has 1 aliphatic rings. The molecule has 0 unspecified atom stereocenters. The zero-order chi connectivity index (χ0) is 26.9. The van der Waals surface area contributed by atoms with Crippen LogP contribution in [0, 0.1) is 5.82 Å². The van der Waals surface area contributed by atoms with Gasteiger partial charge in [0.15, 0.2) is 5.82 Å². The maximum absolute atomic E-state index is 13.9. The summed E-state index contributed by atoms with van der Waals surface area (Å²) in [4.78, 5) is 38.9. The van der Waals surface area contributed by atoms with Crippen LogP contribution in [0.15, 0.2) is 72.2 Å². The number of nitrogens with zero attached hydrogens (tertiary/aromatic N) is 5. The molecule has 0 aliphatic carbocycles. The van der Waals surface area contributed by atoms with Crippen molar-refractivity contribution in [1.82, 2.24) is 24.9 Å². The molecule has 1 atom stereocenters. The van der Waals surface area contributed by atoms with E-state index in [9.17, 15) is 9.18 Å². The lowest BCUT2D eigenvalue weighted by molar-refractivity contribution is -0.116. The Labute approximate surface area is 224 Å². The summed E-state index contributed by atoms with van der Waals surface area (Å²) < 4.78 is 13.9. The number of amides is 1. The van der Waals surface area contributed by atoms with Gasteiger partial charge in [-0.3, -0.25) is 19.8 Å². The third kappa shape index (κ3) is 4.79. The van der Waals surface area contributed by atoms with Crippen LogP contribution in [0.5, 0.6) is 0 Å². The first kappa shape index (κ1) is 24.5. The largest absolute Gasteiger partial charge is 0.335 e. The zero-order valence-electron chi connectivity index (χ0n) is 21.6. The van der Waals surface area contributed by atoms with Gasteiger partial charge in [0.05, 0.1) is 46.5 Å². The standard InChI is InChI=1S/C30H26FN7O/c1-3-4-8-26(39)35-21-12-19(13-32-14-21)24-10-9-22-17(2)34-29(28(22)36-24)30-37-25-16-33-15-23(27(25)38-30)18-6-5-7-20(31)11-18/h5-7,9-17H,3-4,8H2,1-2H3,(H,35,39)(H,37,38)/t17-/m0/s1. The fraction of sp³-hybridized carbons (Fsp3) is 0.200. The van der Waals surface area contributed by atoms with E-state index in [-0.39, 0.29) is 17.8 Å². The number of H-pyrrole nitrogens is 1. The van der Waals surface area contributed by atoms with Crippen molar-refractivity contribution in [2.24, 2.45) is 4.99 Å². The number of hydrogen-bond donors (Lipinski definition) is 2. The fourth-order valence-corrected chi connectivity index (χ4v) is 4.78. The second-order valence-corrected chi connectivity index (χ2v) is 9.58. The Bertz CT molecular complexity index is 1740. The number of pyridine rings is 3. The molecule has 39 heavy (non-hydrogen) atoms. The number of aliphatic imine (C=N–C) groups is 1. The minimum absolute atomic E-state index is 0.0297. The highest BCUT2D eigenvalue weighted by Gasteiger charge is 2.28. The number of imidazole rings is 1. The zero-order valence-corrected chi connectivity index (χ0v) is 21.6. The van der Waals surface area contributed by atoms with Gasteiger partial charge in [-0.05, 0) is 43.2 Å². The van der Waals surface area contributed by atoms with Gasteiger partial charge in [-0.2, -0.15) is 0 Å². The van der Waals surface area contributed by atoms with Crippen molar-refractivity contribution in [3.05, 3.63) is 90.2 Å². The summed E-state index contributed by atoms with van der Waals surface area (Å²) in [7, 11) is 0. The topological polar surface area (TPSA) is 109 Å². The summed E-state index contributed by atoms with van der Waals surface area (Å²) in [5.41, 5.74) is 7.34. The quantitative estimate of drug-likeness (QED) is 0.264. The molecular weight excluding hydrogens is 493 g/mol. The number of fused-ring (bicyclic) bond motifs is 2. The van der Waals surface area contributed by atoms with Gasteiger partial charge >= 0.3 is 0 Å². The Morgan fingerprint density at radius 3 is 2.74 bits per heavy atom. The highest BCUT2D eigenvalue weighted by molar-refractivity contribution is 6.14. The van der Waals surface area contributed by atoms with Gasteiger partial charge < -0.3 is 10.3 Å². The molecule has 4 aromatic heterocycles. The smallest absolute Gasteiger partial charge is 0.224 e. The van der Waals surface area contributed by atoms with Crippen LogP contribution in [0.25, 0.3) is 33.4 Å². The highest BCUT2D eigenvalue weighted by Crippen LogP contribution is 2.34. The van der Waals surface area contributed by atoms with Crippen LogP contribution in [0.1, 0.15) is 56.2 Å². The number of rotatable bonds is 7. The van der Waals surface area contributed by atoms with Crippen molar-refractivity contribution in [2.45, 2.75) is 39.2 Å². The average Bonchev–Trinajstić information content (AvgIpc) is 3.52. The lowest BCUT2D eigenvalue weighted by Gasteiger charge is -2.09. The minimum atomic E-state index is -0.320. The second-order valence-electron chi connectivity index (χ2n) is 9.58. The molecule has 1 amide bonds. The average molecular weight is 520 g/mol. The Morgan fingerprint density at radius 2 is 1.90 bits per heavy atom. The summed E-state index contributed by atoms with van der Waals surface area (Å²) in [6, 6.07) is 12.1. The Hall–Kier alpha value is -4.79. The van der Waals surface area contributed by atoms with Gasteiger partial charge in [0, 0.05) is 35.5 Å². The number of anilines is 1. The molecule has 0 spiro atoms. The van der Waals surface area contributed by atoms with Gasteiger partial charge in [0.2, 0.25) is 5.91 Å². The molecule has 1 aliphatic heterocycles. The van der Waals surface area contributed by atoms with E-state index in [1.54, 1.807) is 30.9 Å². The Kier molecular flexibility index (Phi) is 6.40. The lowest BCUT2D eigenvalue weighted by Crippen LogP contribution is -2.11. The number of benzene rings is 1. The van der Waals surface area contributed by atoms with Gasteiger partial charge in [-0.15, -0.1) is 0 Å². The molecule has 0 bridgehead atoms. The number of nitrogens with one attached hydrogen (secondary N) is 2. The Morgan fingerprint density at radius 1 is 1.03 bits per heavy atom. The SMILES string of the molecule is CCCCC(=O)Nc1cncc(-c2ccc3c(n2)C(c2nc4c(-c5cccc(F)c5)cncc4[nH]2)=N[C@H]3C)c1. The van der Waals surface area contributed by atoms with Crippen molar-refractivity contribution in [1.29, 1.82) is 0 Å². The first-order valence-corrected chi connectivity index (χ1v) is 12.9. The van der Waals surface area contributed by atoms with Gasteiger partial charge in [-0.25, -0.2) is 14.4 Å². The minimum Gasteiger partial charge on any atom is -0.335 e. The molecule has 0 saturated carbocycles. The number of hydrogen-bond acceptors (Lipinski definition) is 6. The number of aromatic nitrogens is 5. The van der Waals surface area contributed by atoms with Crippen molar-refractivity contribution in [3.8, 4) is 22.4 Å². The summed E-state index contributed by atoms with van der Waals surface area (Å²) in [5.74, 6) is 0.220. The van der Waals surface area contributed by atoms with Crippen molar-refractivity contribution >= 4 is 28.3 Å². The first-order chi connectivity index (χ1) is 19.0. The van der Waals surface area contributed by atoms with Gasteiger partial charge in [0.25, 0.3) is 0 Å². The van der Waals surface area contributed by atoms with Crippen molar-refractivity contribution < 1.29 is 9.18 Å². The summed E-state index contributed by atoms with van der Waals surface area (Å²) >= 11 is 0. The van der Waals surface area contributed by atoms with Gasteiger partial charge in [0.1, 0.15) is 11.5 Å². The molecule has 8 nitrogen and oxygen atoms in total. The summed E-state index contributed by atoms with van der Waals surface area (Å²) in [5, 5.41) is 2.92. The first-order valence-electron chi connectivity index (χ1n) is 12.9. The van der Waals surface area contributed by atoms with Crippen molar-refractivity contribution in [2.75, 3.05) is 5.32 Å². The number of carbonyl (C=O) groups is 1. The summed E-state index contributed by atoms with van der Waals surface area (Å²) in [6.45, 7) is 4.07. The third-order valence-electron chi connectivity index (χ3n) is 6.75.